The second kappa shape index (κ2) is 6.00. The van der Waals surface area contributed by atoms with Crippen molar-refractivity contribution < 1.29 is 4.74 Å². The van der Waals surface area contributed by atoms with Gasteiger partial charge >= 0.3 is 0 Å². The molecule has 2 atom stereocenters. The van der Waals surface area contributed by atoms with E-state index in [2.05, 4.69) is 29.0 Å². The first-order chi connectivity index (χ1) is 9.75. The van der Waals surface area contributed by atoms with Crippen molar-refractivity contribution >= 4 is 5.82 Å². The zero-order valence-corrected chi connectivity index (χ0v) is 12.5. The molecule has 3 rings (SSSR count). The average Bonchev–Trinajstić information content (AvgIpc) is 3.09. The third kappa shape index (κ3) is 2.75. The van der Waals surface area contributed by atoms with E-state index in [4.69, 9.17) is 4.74 Å². The Labute approximate surface area is 121 Å². The lowest BCUT2D eigenvalue weighted by Gasteiger charge is -2.31. The van der Waals surface area contributed by atoms with Crippen LogP contribution in [-0.4, -0.2) is 36.3 Å². The predicted octanol–water partition coefficient (Wildman–Crippen LogP) is 2.59. The molecule has 2 fully saturated rings. The van der Waals surface area contributed by atoms with E-state index in [1.807, 2.05) is 18.3 Å². The molecule has 2 unspecified atom stereocenters. The minimum Gasteiger partial charge on any atom is -0.487 e. The minimum absolute atomic E-state index is 0.184. The molecule has 0 bridgehead atoms. The van der Waals surface area contributed by atoms with Gasteiger partial charge in [-0.05, 0) is 58.2 Å². The summed E-state index contributed by atoms with van der Waals surface area (Å²) in [6, 6.07) is 5.19. The van der Waals surface area contributed by atoms with Gasteiger partial charge in [0.15, 0.2) is 11.6 Å². The van der Waals surface area contributed by atoms with Crippen LogP contribution >= 0.6 is 0 Å². The Morgan fingerprint density at radius 2 is 2.25 bits per heavy atom. The van der Waals surface area contributed by atoms with Crippen molar-refractivity contribution in [3.8, 4) is 5.75 Å². The molecule has 0 amide bonds. The van der Waals surface area contributed by atoms with Gasteiger partial charge in [-0.15, -0.1) is 0 Å². The third-order valence-electron chi connectivity index (χ3n) is 4.25. The first kappa shape index (κ1) is 13.7. The van der Waals surface area contributed by atoms with E-state index in [9.17, 15) is 0 Å². The Hall–Kier alpha value is -1.29. The molecule has 1 aromatic rings. The second-order valence-electron chi connectivity index (χ2n) is 6.10. The fourth-order valence-electron chi connectivity index (χ4n) is 3.46. The minimum atomic E-state index is 0.184. The highest BCUT2D eigenvalue weighted by Gasteiger charge is 2.35. The summed E-state index contributed by atoms with van der Waals surface area (Å²) in [5.74, 6) is 1.95. The molecule has 2 aliphatic rings. The van der Waals surface area contributed by atoms with Crippen LogP contribution in [0.4, 0.5) is 5.82 Å². The summed E-state index contributed by atoms with van der Waals surface area (Å²) in [5.41, 5.74) is 0. The maximum absolute atomic E-state index is 5.94. The fraction of sp³-hybridized carbons (Fsp3) is 0.688. The van der Waals surface area contributed by atoms with Gasteiger partial charge in [0.2, 0.25) is 0 Å². The van der Waals surface area contributed by atoms with Crippen molar-refractivity contribution in [1.82, 2.24) is 10.3 Å². The average molecular weight is 275 g/mol. The maximum Gasteiger partial charge on any atom is 0.171 e. The normalized spacial score (nSPS) is 26.4. The summed E-state index contributed by atoms with van der Waals surface area (Å²) in [6.45, 7) is 6.38. The van der Waals surface area contributed by atoms with Crippen molar-refractivity contribution in [3.63, 3.8) is 0 Å². The maximum atomic E-state index is 5.94. The zero-order chi connectivity index (χ0) is 13.9. The molecule has 4 heteroatoms. The predicted molar refractivity (Wildman–Crippen MR) is 81.4 cm³/mol. The van der Waals surface area contributed by atoms with Gasteiger partial charge in [0.05, 0.1) is 6.10 Å². The lowest BCUT2D eigenvalue weighted by atomic mass is 10.0. The molecule has 110 valence electrons. The number of anilines is 1. The number of nitrogens with one attached hydrogen (secondary N) is 1. The molecule has 0 spiro atoms. The number of rotatable bonds is 4. The van der Waals surface area contributed by atoms with Crippen molar-refractivity contribution in [2.24, 2.45) is 0 Å². The number of nitrogens with zero attached hydrogens (tertiary/aromatic N) is 2. The molecule has 0 aromatic carbocycles. The van der Waals surface area contributed by atoms with Crippen LogP contribution in [-0.2, 0) is 0 Å². The molecule has 1 N–H and O–H groups in total. The standard InChI is InChI=1S/C16H25N3O/c1-12(2)20-15-8-4-10-18-16(15)19-11-5-7-14(19)13-6-3-9-17-13/h4,8,10,12-14,17H,3,5-7,9,11H2,1-2H3. The second-order valence-corrected chi connectivity index (χ2v) is 6.10. The Morgan fingerprint density at radius 3 is 3.00 bits per heavy atom. The summed E-state index contributed by atoms with van der Waals surface area (Å²) in [6.07, 6.45) is 7.15. The van der Waals surface area contributed by atoms with Gasteiger partial charge in [0.1, 0.15) is 0 Å². The first-order valence-electron chi connectivity index (χ1n) is 7.87. The lowest BCUT2D eigenvalue weighted by Crippen LogP contribution is -2.44. The van der Waals surface area contributed by atoms with Crippen molar-refractivity contribution in [2.45, 2.75) is 57.7 Å². The number of hydrogen-bond acceptors (Lipinski definition) is 4. The Morgan fingerprint density at radius 1 is 1.35 bits per heavy atom. The van der Waals surface area contributed by atoms with Gasteiger partial charge in [-0.3, -0.25) is 0 Å². The largest absolute Gasteiger partial charge is 0.487 e. The summed E-state index contributed by atoms with van der Waals surface area (Å²) in [5, 5.41) is 3.65. The van der Waals surface area contributed by atoms with Crippen LogP contribution in [0.2, 0.25) is 0 Å². The first-order valence-corrected chi connectivity index (χ1v) is 7.87. The third-order valence-corrected chi connectivity index (χ3v) is 4.25. The number of pyridine rings is 1. The number of aromatic nitrogens is 1. The summed E-state index contributed by atoms with van der Waals surface area (Å²) in [7, 11) is 0. The fourth-order valence-corrected chi connectivity index (χ4v) is 3.46. The quantitative estimate of drug-likeness (QED) is 0.916. The van der Waals surface area contributed by atoms with Crippen molar-refractivity contribution in [1.29, 1.82) is 0 Å². The molecule has 2 saturated heterocycles. The Balaban J connectivity index is 1.83. The van der Waals surface area contributed by atoms with E-state index in [1.165, 1.54) is 25.7 Å². The van der Waals surface area contributed by atoms with Crippen LogP contribution in [0.25, 0.3) is 0 Å². The molecule has 0 saturated carbocycles. The van der Waals surface area contributed by atoms with Crippen LogP contribution in [0.3, 0.4) is 0 Å². The van der Waals surface area contributed by atoms with E-state index >= 15 is 0 Å². The van der Waals surface area contributed by atoms with Crippen molar-refractivity contribution in [2.75, 3.05) is 18.0 Å². The lowest BCUT2D eigenvalue weighted by molar-refractivity contribution is 0.241. The summed E-state index contributed by atoms with van der Waals surface area (Å²) >= 11 is 0. The van der Waals surface area contributed by atoms with Crippen molar-refractivity contribution in [3.05, 3.63) is 18.3 Å². The van der Waals surface area contributed by atoms with E-state index in [0.29, 0.717) is 12.1 Å². The van der Waals surface area contributed by atoms with Crippen LogP contribution in [0.1, 0.15) is 39.5 Å². The van der Waals surface area contributed by atoms with E-state index in [0.717, 1.165) is 24.7 Å². The molecule has 3 heterocycles. The molecule has 20 heavy (non-hydrogen) atoms. The molecule has 0 radical (unpaired) electrons. The van der Waals surface area contributed by atoms with Crippen LogP contribution in [0.15, 0.2) is 18.3 Å². The molecular weight excluding hydrogens is 250 g/mol. The molecular formula is C16H25N3O. The smallest absolute Gasteiger partial charge is 0.171 e. The highest BCUT2D eigenvalue weighted by Crippen LogP contribution is 2.34. The van der Waals surface area contributed by atoms with Gasteiger partial charge in [-0.2, -0.15) is 0 Å². The monoisotopic (exact) mass is 275 g/mol. The topological polar surface area (TPSA) is 37.4 Å². The van der Waals surface area contributed by atoms with E-state index < -0.39 is 0 Å². The van der Waals surface area contributed by atoms with Gasteiger partial charge in [-0.1, -0.05) is 0 Å². The Kier molecular flexibility index (Phi) is 4.10. The summed E-state index contributed by atoms with van der Waals surface area (Å²) in [4.78, 5) is 7.07. The number of ether oxygens (including phenoxy) is 1. The van der Waals surface area contributed by atoms with Gasteiger partial charge in [-0.25, -0.2) is 4.98 Å². The van der Waals surface area contributed by atoms with Gasteiger partial charge < -0.3 is 15.0 Å². The van der Waals surface area contributed by atoms with Gasteiger partial charge in [0, 0.05) is 24.8 Å². The van der Waals surface area contributed by atoms with Gasteiger partial charge in [0.25, 0.3) is 0 Å². The van der Waals surface area contributed by atoms with E-state index in [1.54, 1.807) is 0 Å². The SMILES string of the molecule is CC(C)Oc1cccnc1N1CCCC1C1CCCN1. The molecule has 0 aliphatic carbocycles. The number of hydrogen-bond donors (Lipinski definition) is 1. The van der Waals surface area contributed by atoms with E-state index in [-0.39, 0.29) is 6.10 Å². The Bertz CT molecular complexity index is 443. The highest BCUT2D eigenvalue weighted by molar-refractivity contribution is 5.54. The molecule has 2 aliphatic heterocycles. The highest BCUT2D eigenvalue weighted by atomic mass is 16.5. The molecule has 1 aromatic heterocycles. The van der Waals surface area contributed by atoms with Crippen LogP contribution < -0.4 is 15.0 Å². The molecule has 4 nitrogen and oxygen atoms in total. The summed E-state index contributed by atoms with van der Waals surface area (Å²) < 4.78 is 5.94. The zero-order valence-electron chi connectivity index (χ0n) is 12.5. The van der Waals surface area contributed by atoms with Crippen LogP contribution in [0, 0.1) is 0 Å². The van der Waals surface area contributed by atoms with Crippen LogP contribution in [0.5, 0.6) is 5.75 Å².